The molecule has 1 atom stereocenters. The van der Waals surface area contributed by atoms with E-state index >= 15 is 0 Å². The fourth-order valence-electron chi connectivity index (χ4n) is 3.51. The SMILES string of the molecule is CCC1CN(C(=O)c2cc(-c3cnn(CC)c3)nc3ccc(F)cc23)CCO1. The number of carbonyl (C=O) groups is 1. The lowest BCUT2D eigenvalue weighted by atomic mass is 10.0. The Labute approximate surface area is 162 Å². The zero-order valence-electron chi connectivity index (χ0n) is 16.1. The van der Waals surface area contributed by atoms with Gasteiger partial charge in [-0.15, -0.1) is 0 Å². The summed E-state index contributed by atoms with van der Waals surface area (Å²) >= 11 is 0. The van der Waals surface area contributed by atoms with Crippen molar-refractivity contribution >= 4 is 16.8 Å². The molecule has 6 nitrogen and oxygen atoms in total. The first-order valence-electron chi connectivity index (χ1n) is 9.63. The summed E-state index contributed by atoms with van der Waals surface area (Å²) in [6, 6.07) is 6.11. The van der Waals surface area contributed by atoms with E-state index in [2.05, 4.69) is 10.1 Å². The molecule has 1 aliphatic heterocycles. The van der Waals surface area contributed by atoms with E-state index in [1.807, 2.05) is 20.0 Å². The number of halogens is 1. The highest BCUT2D eigenvalue weighted by Gasteiger charge is 2.26. The summed E-state index contributed by atoms with van der Waals surface area (Å²) < 4.78 is 21.4. The second-order valence-corrected chi connectivity index (χ2v) is 6.95. The molecule has 3 aromatic rings. The fraction of sp³-hybridized carbons (Fsp3) is 0.381. The smallest absolute Gasteiger partial charge is 0.254 e. The lowest BCUT2D eigenvalue weighted by molar-refractivity contribution is -0.0225. The van der Waals surface area contributed by atoms with E-state index in [1.165, 1.54) is 12.1 Å². The molecular weight excluding hydrogens is 359 g/mol. The molecule has 2 aromatic heterocycles. The van der Waals surface area contributed by atoms with Gasteiger partial charge in [-0.1, -0.05) is 6.92 Å². The van der Waals surface area contributed by atoms with Gasteiger partial charge in [-0.2, -0.15) is 5.10 Å². The largest absolute Gasteiger partial charge is 0.375 e. The minimum Gasteiger partial charge on any atom is -0.375 e. The molecule has 0 N–H and O–H groups in total. The lowest BCUT2D eigenvalue weighted by Gasteiger charge is -2.32. The molecule has 1 amide bonds. The maximum atomic E-state index is 13.9. The average Bonchev–Trinajstić information content (AvgIpc) is 3.22. The molecule has 7 heteroatoms. The number of morpholine rings is 1. The van der Waals surface area contributed by atoms with Gasteiger partial charge in [-0.3, -0.25) is 9.48 Å². The Hall–Kier alpha value is -2.80. The fourth-order valence-corrected chi connectivity index (χ4v) is 3.51. The number of amides is 1. The zero-order chi connectivity index (χ0) is 19.7. The van der Waals surface area contributed by atoms with Crippen LogP contribution in [0.5, 0.6) is 0 Å². The first kappa shape index (κ1) is 18.6. The molecule has 1 aromatic carbocycles. The van der Waals surface area contributed by atoms with Gasteiger partial charge in [0.15, 0.2) is 0 Å². The van der Waals surface area contributed by atoms with Crippen LogP contribution in [0.2, 0.25) is 0 Å². The van der Waals surface area contributed by atoms with E-state index in [0.29, 0.717) is 41.9 Å². The predicted octanol–water partition coefficient (Wildman–Crippen LogP) is 3.51. The average molecular weight is 382 g/mol. The maximum Gasteiger partial charge on any atom is 0.254 e. The first-order chi connectivity index (χ1) is 13.6. The second-order valence-electron chi connectivity index (χ2n) is 6.95. The summed E-state index contributed by atoms with van der Waals surface area (Å²) in [6.07, 6.45) is 4.51. The molecule has 0 bridgehead atoms. The van der Waals surface area contributed by atoms with E-state index < -0.39 is 0 Å². The van der Waals surface area contributed by atoms with Crippen molar-refractivity contribution in [3.8, 4) is 11.3 Å². The van der Waals surface area contributed by atoms with Gasteiger partial charge in [0.25, 0.3) is 5.91 Å². The Balaban J connectivity index is 1.80. The van der Waals surface area contributed by atoms with Crippen LogP contribution in [-0.2, 0) is 11.3 Å². The van der Waals surface area contributed by atoms with Crippen LogP contribution in [-0.4, -0.2) is 51.4 Å². The molecule has 0 radical (unpaired) electrons. The molecule has 0 aliphatic carbocycles. The molecule has 3 heterocycles. The number of hydrogen-bond donors (Lipinski definition) is 0. The van der Waals surface area contributed by atoms with Crippen molar-refractivity contribution < 1.29 is 13.9 Å². The normalized spacial score (nSPS) is 17.2. The topological polar surface area (TPSA) is 60.2 Å². The third-order valence-corrected chi connectivity index (χ3v) is 5.14. The van der Waals surface area contributed by atoms with Crippen LogP contribution < -0.4 is 0 Å². The number of ether oxygens (including phenoxy) is 1. The van der Waals surface area contributed by atoms with Crippen molar-refractivity contribution in [1.29, 1.82) is 0 Å². The van der Waals surface area contributed by atoms with Crippen LogP contribution in [0.15, 0.2) is 36.7 Å². The number of aromatic nitrogens is 3. The number of pyridine rings is 1. The Kier molecular flexibility index (Phi) is 5.09. The summed E-state index contributed by atoms with van der Waals surface area (Å²) in [5, 5.41) is 4.82. The number of nitrogens with zero attached hydrogens (tertiary/aromatic N) is 4. The standard InChI is InChI=1S/C21H23FN4O2/c1-3-16-13-25(7-8-28-16)21(27)18-10-20(14-11-23-26(4-2)12-14)24-19-6-5-15(22)9-17(18)19/h5-6,9-12,16H,3-4,7-8,13H2,1-2H3. The van der Waals surface area contributed by atoms with E-state index in [4.69, 9.17) is 4.74 Å². The van der Waals surface area contributed by atoms with Crippen molar-refractivity contribution in [2.24, 2.45) is 0 Å². The molecule has 1 fully saturated rings. The molecule has 4 rings (SSSR count). The highest BCUT2D eigenvalue weighted by Crippen LogP contribution is 2.27. The molecule has 1 saturated heterocycles. The van der Waals surface area contributed by atoms with Crippen LogP contribution >= 0.6 is 0 Å². The summed E-state index contributed by atoms with van der Waals surface area (Å²) in [7, 11) is 0. The molecule has 1 aliphatic rings. The Morgan fingerprint density at radius 2 is 2.18 bits per heavy atom. The monoisotopic (exact) mass is 382 g/mol. The third kappa shape index (κ3) is 3.49. The number of benzene rings is 1. The van der Waals surface area contributed by atoms with Crippen molar-refractivity contribution in [2.45, 2.75) is 32.9 Å². The minimum atomic E-state index is -0.386. The molecule has 0 spiro atoms. The van der Waals surface area contributed by atoms with Gasteiger partial charge in [0.05, 0.1) is 35.7 Å². The summed E-state index contributed by atoms with van der Waals surface area (Å²) in [5.74, 6) is -0.507. The number of fused-ring (bicyclic) bond motifs is 1. The van der Waals surface area contributed by atoms with E-state index in [1.54, 1.807) is 27.9 Å². The third-order valence-electron chi connectivity index (χ3n) is 5.14. The zero-order valence-corrected chi connectivity index (χ0v) is 16.1. The van der Waals surface area contributed by atoms with Gasteiger partial charge in [0, 0.05) is 36.8 Å². The highest BCUT2D eigenvalue weighted by atomic mass is 19.1. The predicted molar refractivity (Wildman–Crippen MR) is 105 cm³/mol. The van der Waals surface area contributed by atoms with Gasteiger partial charge < -0.3 is 9.64 Å². The van der Waals surface area contributed by atoms with Crippen LogP contribution in [0, 0.1) is 5.82 Å². The first-order valence-corrected chi connectivity index (χ1v) is 9.63. The summed E-state index contributed by atoms with van der Waals surface area (Å²) in [4.78, 5) is 19.8. The van der Waals surface area contributed by atoms with Gasteiger partial charge in [0.2, 0.25) is 0 Å². The van der Waals surface area contributed by atoms with Crippen molar-refractivity contribution in [2.75, 3.05) is 19.7 Å². The van der Waals surface area contributed by atoms with E-state index in [-0.39, 0.29) is 17.8 Å². The molecule has 28 heavy (non-hydrogen) atoms. The quantitative estimate of drug-likeness (QED) is 0.693. The molecule has 1 unspecified atom stereocenters. The number of hydrogen-bond acceptors (Lipinski definition) is 4. The van der Waals surface area contributed by atoms with Crippen molar-refractivity contribution in [3.63, 3.8) is 0 Å². The van der Waals surface area contributed by atoms with Crippen LogP contribution in [0.25, 0.3) is 22.2 Å². The minimum absolute atomic E-state index is 0.0322. The van der Waals surface area contributed by atoms with Gasteiger partial charge in [-0.25, -0.2) is 9.37 Å². The van der Waals surface area contributed by atoms with E-state index in [9.17, 15) is 9.18 Å². The van der Waals surface area contributed by atoms with Gasteiger partial charge in [0.1, 0.15) is 5.82 Å². The number of rotatable bonds is 4. The number of aryl methyl sites for hydroxylation is 1. The summed E-state index contributed by atoms with van der Waals surface area (Å²) in [6.45, 7) is 6.37. The Morgan fingerprint density at radius 3 is 2.93 bits per heavy atom. The molecule has 146 valence electrons. The number of carbonyl (C=O) groups excluding carboxylic acids is 1. The van der Waals surface area contributed by atoms with E-state index in [0.717, 1.165) is 18.5 Å². The summed E-state index contributed by atoms with van der Waals surface area (Å²) in [5.41, 5.74) is 2.53. The van der Waals surface area contributed by atoms with Gasteiger partial charge >= 0.3 is 0 Å². The maximum absolute atomic E-state index is 13.9. The van der Waals surface area contributed by atoms with Crippen LogP contribution in [0.1, 0.15) is 30.6 Å². The Morgan fingerprint density at radius 1 is 1.32 bits per heavy atom. The van der Waals surface area contributed by atoms with Crippen molar-refractivity contribution in [1.82, 2.24) is 19.7 Å². The van der Waals surface area contributed by atoms with Crippen LogP contribution in [0.4, 0.5) is 4.39 Å². The highest BCUT2D eigenvalue weighted by molar-refractivity contribution is 6.07. The van der Waals surface area contributed by atoms with Gasteiger partial charge in [-0.05, 0) is 37.6 Å². The van der Waals surface area contributed by atoms with Crippen LogP contribution in [0.3, 0.4) is 0 Å². The second kappa shape index (κ2) is 7.67. The lowest BCUT2D eigenvalue weighted by Crippen LogP contribution is -2.45. The molecular formula is C21H23FN4O2. The Bertz CT molecular complexity index is 1020. The van der Waals surface area contributed by atoms with Crippen molar-refractivity contribution in [3.05, 3.63) is 48.0 Å². The molecule has 0 saturated carbocycles.